The predicted molar refractivity (Wildman–Crippen MR) is 101 cm³/mol. The Morgan fingerprint density at radius 3 is 2.58 bits per heavy atom. The molecule has 0 aliphatic carbocycles. The summed E-state index contributed by atoms with van der Waals surface area (Å²) in [6, 6.07) is 13.2. The predicted octanol–water partition coefficient (Wildman–Crippen LogP) is 5.94. The Kier molecular flexibility index (Phi) is 4.59. The van der Waals surface area contributed by atoms with E-state index < -0.39 is 6.10 Å². The number of hydrogen-bond donors (Lipinski definition) is 1. The van der Waals surface area contributed by atoms with Gasteiger partial charge in [0.25, 0.3) is 0 Å². The molecule has 4 aromatic rings. The van der Waals surface area contributed by atoms with Crippen LogP contribution in [-0.2, 0) is 0 Å². The van der Waals surface area contributed by atoms with E-state index >= 15 is 0 Å². The average molecular weight is 386 g/mol. The van der Waals surface area contributed by atoms with Crippen molar-refractivity contribution in [1.82, 2.24) is 4.98 Å². The fourth-order valence-electron chi connectivity index (χ4n) is 2.82. The molecule has 0 saturated carbocycles. The summed E-state index contributed by atoms with van der Waals surface area (Å²) in [5.41, 5.74) is 2.67. The standard InChI is InChI=1S/C20H13ClFNO2S/c21-17-8-7-16(26-17)15-11-25-20(12-3-5-14(22)6-4-12)18(15)19(24)13-2-1-9-23-10-13/h1-11,19,24H. The molecule has 1 unspecified atom stereocenters. The molecule has 3 nitrogen and oxygen atoms in total. The highest BCUT2D eigenvalue weighted by atomic mass is 35.5. The lowest BCUT2D eigenvalue weighted by atomic mass is 9.96. The summed E-state index contributed by atoms with van der Waals surface area (Å²) < 4.78 is 19.7. The third kappa shape index (κ3) is 3.17. The van der Waals surface area contributed by atoms with Gasteiger partial charge in [-0.25, -0.2) is 4.39 Å². The van der Waals surface area contributed by atoms with Crippen LogP contribution >= 0.6 is 22.9 Å². The zero-order valence-corrected chi connectivity index (χ0v) is 15.0. The van der Waals surface area contributed by atoms with Crippen LogP contribution in [0.5, 0.6) is 0 Å². The van der Waals surface area contributed by atoms with Crippen molar-refractivity contribution in [3.05, 3.63) is 88.5 Å². The number of thiophene rings is 1. The van der Waals surface area contributed by atoms with Crippen molar-refractivity contribution in [3.63, 3.8) is 0 Å². The normalized spacial score (nSPS) is 12.3. The number of aliphatic hydroxyl groups is 1. The smallest absolute Gasteiger partial charge is 0.140 e. The molecule has 26 heavy (non-hydrogen) atoms. The van der Waals surface area contributed by atoms with Crippen molar-refractivity contribution >= 4 is 22.9 Å². The van der Waals surface area contributed by atoms with E-state index in [4.69, 9.17) is 16.0 Å². The lowest BCUT2D eigenvalue weighted by molar-refractivity contribution is 0.220. The number of nitrogens with zero attached hydrogens (tertiary/aromatic N) is 1. The zero-order chi connectivity index (χ0) is 18.1. The molecule has 1 N–H and O–H groups in total. The van der Waals surface area contributed by atoms with Gasteiger partial charge in [-0.2, -0.15) is 0 Å². The lowest BCUT2D eigenvalue weighted by Gasteiger charge is -2.13. The third-order valence-electron chi connectivity index (χ3n) is 4.05. The van der Waals surface area contributed by atoms with Crippen LogP contribution in [0.15, 0.2) is 71.6 Å². The van der Waals surface area contributed by atoms with Gasteiger partial charge in [0.1, 0.15) is 23.9 Å². The van der Waals surface area contributed by atoms with E-state index in [1.165, 1.54) is 23.5 Å². The van der Waals surface area contributed by atoms with Gasteiger partial charge in [-0.1, -0.05) is 17.7 Å². The highest BCUT2D eigenvalue weighted by Gasteiger charge is 2.25. The fraction of sp³-hybridized carbons (Fsp3) is 0.0500. The molecule has 0 saturated heterocycles. The highest BCUT2D eigenvalue weighted by molar-refractivity contribution is 7.19. The van der Waals surface area contributed by atoms with E-state index in [-0.39, 0.29) is 5.82 Å². The minimum absolute atomic E-state index is 0.333. The van der Waals surface area contributed by atoms with Crippen LogP contribution in [0.25, 0.3) is 21.8 Å². The maximum atomic E-state index is 13.3. The summed E-state index contributed by atoms with van der Waals surface area (Å²) in [4.78, 5) is 4.96. The Balaban J connectivity index is 1.90. The largest absolute Gasteiger partial charge is 0.463 e. The highest BCUT2D eigenvalue weighted by Crippen LogP contribution is 2.43. The Labute approximate surface area is 158 Å². The van der Waals surface area contributed by atoms with Crippen LogP contribution in [0.3, 0.4) is 0 Å². The molecule has 0 amide bonds. The summed E-state index contributed by atoms with van der Waals surface area (Å²) in [6.45, 7) is 0. The molecular weight excluding hydrogens is 373 g/mol. The molecule has 3 aromatic heterocycles. The van der Waals surface area contributed by atoms with Crippen LogP contribution in [0.2, 0.25) is 4.34 Å². The number of aliphatic hydroxyl groups excluding tert-OH is 1. The van der Waals surface area contributed by atoms with Crippen molar-refractivity contribution in [1.29, 1.82) is 0 Å². The molecule has 0 bridgehead atoms. The van der Waals surface area contributed by atoms with Gasteiger partial charge >= 0.3 is 0 Å². The summed E-state index contributed by atoms with van der Waals surface area (Å²) >= 11 is 7.47. The van der Waals surface area contributed by atoms with Crippen molar-refractivity contribution in [2.45, 2.75) is 6.10 Å². The average Bonchev–Trinajstić information content (AvgIpc) is 3.28. The quantitative estimate of drug-likeness (QED) is 0.472. The number of pyridine rings is 1. The maximum Gasteiger partial charge on any atom is 0.140 e. The van der Waals surface area contributed by atoms with E-state index in [0.717, 1.165) is 10.4 Å². The van der Waals surface area contributed by atoms with Gasteiger partial charge in [0.2, 0.25) is 0 Å². The van der Waals surface area contributed by atoms with Crippen molar-refractivity contribution < 1.29 is 13.9 Å². The number of rotatable bonds is 4. The van der Waals surface area contributed by atoms with Gasteiger partial charge in [0, 0.05) is 39.5 Å². The molecule has 1 aromatic carbocycles. The monoisotopic (exact) mass is 385 g/mol. The van der Waals surface area contributed by atoms with Crippen LogP contribution in [0.1, 0.15) is 17.2 Å². The molecule has 3 heterocycles. The Morgan fingerprint density at radius 1 is 1.12 bits per heavy atom. The van der Waals surface area contributed by atoms with Gasteiger partial charge in [-0.3, -0.25) is 4.98 Å². The maximum absolute atomic E-state index is 13.3. The summed E-state index contributed by atoms with van der Waals surface area (Å²) in [7, 11) is 0. The molecule has 0 aliphatic rings. The first-order valence-electron chi connectivity index (χ1n) is 7.84. The van der Waals surface area contributed by atoms with Crippen LogP contribution in [-0.4, -0.2) is 10.1 Å². The molecule has 0 fully saturated rings. The number of halogens is 2. The molecule has 6 heteroatoms. The van der Waals surface area contributed by atoms with E-state index in [9.17, 15) is 9.50 Å². The molecule has 130 valence electrons. The second-order valence-corrected chi connectivity index (χ2v) is 7.41. The first-order valence-corrected chi connectivity index (χ1v) is 9.04. The molecule has 0 radical (unpaired) electrons. The van der Waals surface area contributed by atoms with Gasteiger partial charge in [-0.15, -0.1) is 11.3 Å². The SMILES string of the molecule is OC(c1cccnc1)c1c(-c2ccc(Cl)s2)coc1-c1ccc(F)cc1. The minimum Gasteiger partial charge on any atom is -0.463 e. The zero-order valence-electron chi connectivity index (χ0n) is 13.4. The van der Waals surface area contributed by atoms with Gasteiger partial charge in [0.15, 0.2) is 0 Å². The van der Waals surface area contributed by atoms with E-state index in [2.05, 4.69) is 4.98 Å². The van der Waals surface area contributed by atoms with E-state index in [1.807, 2.05) is 6.07 Å². The van der Waals surface area contributed by atoms with Gasteiger partial charge in [0.05, 0.1) is 4.34 Å². The van der Waals surface area contributed by atoms with Crippen LogP contribution in [0.4, 0.5) is 4.39 Å². The summed E-state index contributed by atoms with van der Waals surface area (Å²) in [5.74, 6) is 0.154. The molecular formula is C20H13ClFNO2S. The number of aromatic nitrogens is 1. The van der Waals surface area contributed by atoms with E-state index in [0.29, 0.717) is 26.8 Å². The number of furan rings is 1. The number of hydrogen-bond acceptors (Lipinski definition) is 4. The summed E-state index contributed by atoms with van der Waals surface area (Å²) in [5, 5.41) is 11.0. The molecule has 0 aliphatic heterocycles. The third-order valence-corrected chi connectivity index (χ3v) is 5.31. The minimum atomic E-state index is -0.946. The fourth-order valence-corrected chi connectivity index (χ4v) is 3.88. The van der Waals surface area contributed by atoms with Crippen LogP contribution in [0, 0.1) is 5.82 Å². The molecule has 0 spiro atoms. The molecule has 1 atom stereocenters. The van der Waals surface area contributed by atoms with E-state index in [1.54, 1.807) is 49.0 Å². The molecule has 4 rings (SSSR count). The second kappa shape index (κ2) is 7.03. The van der Waals surface area contributed by atoms with Gasteiger partial charge < -0.3 is 9.52 Å². The van der Waals surface area contributed by atoms with Crippen LogP contribution < -0.4 is 0 Å². The van der Waals surface area contributed by atoms with Crippen molar-refractivity contribution in [2.75, 3.05) is 0 Å². The van der Waals surface area contributed by atoms with Crippen molar-refractivity contribution in [3.8, 4) is 21.8 Å². The second-order valence-electron chi connectivity index (χ2n) is 5.69. The first-order chi connectivity index (χ1) is 12.6. The first kappa shape index (κ1) is 17.0. The van der Waals surface area contributed by atoms with Gasteiger partial charge in [-0.05, 0) is 42.5 Å². The Hall–Kier alpha value is -2.47. The number of benzene rings is 1. The summed E-state index contributed by atoms with van der Waals surface area (Å²) in [6.07, 6.45) is 3.90. The topological polar surface area (TPSA) is 46.3 Å². The lowest BCUT2D eigenvalue weighted by Crippen LogP contribution is -2.02. The van der Waals surface area contributed by atoms with Crippen molar-refractivity contribution in [2.24, 2.45) is 0 Å². The Bertz CT molecular complexity index is 1030. The Morgan fingerprint density at radius 2 is 1.92 bits per heavy atom.